The van der Waals surface area contributed by atoms with Gasteiger partial charge in [-0.3, -0.25) is 4.79 Å². The van der Waals surface area contributed by atoms with E-state index in [2.05, 4.69) is 14.9 Å². The SMILES string of the molecule is CCc1cc(-c2cc(F)ccc2OC)c2cc(C(=O)N3CCN(c4ncccc4OC)CC3)[nH]c2c1F. The van der Waals surface area contributed by atoms with E-state index in [1.807, 2.05) is 19.1 Å². The fourth-order valence-corrected chi connectivity index (χ4v) is 4.87. The van der Waals surface area contributed by atoms with Crippen molar-refractivity contribution in [2.75, 3.05) is 45.3 Å². The molecule has 9 heteroatoms. The second-order valence-electron chi connectivity index (χ2n) is 8.88. The van der Waals surface area contributed by atoms with E-state index in [9.17, 15) is 9.18 Å². The van der Waals surface area contributed by atoms with Crippen LogP contribution in [0, 0.1) is 11.6 Å². The number of carbonyl (C=O) groups is 1. The third-order valence-electron chi connectivity index (χ3n) is 6.83. The van der Waals surface area contributed by atoms with E-state index >= 15 is 4.39 Å². The van der Waals surface area contributed by atoms with Crippen LogP contribution in [0.25, 0.3) is 22.0 Å². The maximum atomic E-state index is 15.4. The Morgan fingerprint density at radius 1 is 1.00 bits per heavy atom. The Hall–Kier alpha value is -4.14. The summed E-state index contributed by atoms with van der Waals surface area (Å²) in [5, 5.41) is 0.499. The Bertz CT molecular complexity index is 1460. The van der Waals surface area contributed by atoms with E-state index in [4.69, 9.17) is 9.47 Å². The number of aromatic amines is 1. The number of H-pyrrole nitrogens is 1. The van der Waals surface area contributed by atoms with Crippen molar-refractivity contribution in [1.29, 1.82) is 0 Å². The van der Waals surface area contributed by atoms with Crippen LogP contribution in [0.3, 0.4) is 0 Å². The van der Waals surface area contributed by atoms with Crippen molar-refractivity contribution in [2.45, 2.75) is 13.3 Å². The molecule has 0 spiro atoms. The van der Waals surface area contributed by atoms with Gasteiger partial charge in [0, 0.05) is 43.3 Å². The van der Waals surface area contributed by atoms with Gasteiger partial charge in [-0.15, -0.1) is 0 Å². The predicted octanol–water partition coefficient (Wildman–Crippen LogP) is 5.05. The van der Waals surface area contributed by atoms with Crippen LogP contribution in [0.15, 0.2) is 48.7 Å². The fourth-order valence-electron chi connectivity index (χ4n) is 4.87. The molecule has 1 fully saturated rings. The molecule has 1 aliphatic heterocycles. The van der Waals surface area contributed by atoms with E-state index < -0.39 is 11.6 Å². The van der Waals surface area contributed by atoms with Crippen molar-refractivity contribution in [3.63, 3.8) is 0 Å². The quantitative estimate of drug-likeness (QED) is 0.396. The van der Waals surface area contributed by atoms with Gasteiger partial charge in [-0.25, -0.2) is 13.8 Å². The molecule has 37 heavy (non-hydrogen) atoms. The third-order valence-corrected chi connectivity index (χ3v) is 6.83. The molecule has 1 saturated heterocycles. The molecule has 2 aromatic heterocycles. The van der Waals surface area contributed by atoms with Gasteiger partial charge in [0.05, 0.1) is 19.7 Å². The molecular formula is C28H28F2N4O3. The normalized spacial score (nSPS) is 13.8. The Morgan fingerprint density at radius 3 is 2.46 bits per heavy atom. The third kappa shape index (κ3) is 4.45. The van der Waals surface area contributed by atoms with Gasteiger partial charge in [-0.05, 0) is 60.0 Å². The number of hydrogen-bond acceptors (Lipinski definition) is 5. The van der Waals surface area contributed by atoms with Crippen LogP contribution in [0.5, 0.6) is 11.5 Å². The summed E-state index contributed by atoms with van der Waals surface area (Å²) in [7, 11) is 3.11. The van der Waals surface area contributed by atoms with E-state index in [-0.39, 0.29) is 17.1 Å². The lowest BCUT2D eigenvalue weighted by Crippen LogP contribution is -2.49. The zero-order chi connectivity index (χ0) is 26.1. The highest BCUT2D eigenvalue weighted by Gasteiger charge is 2.27. The number of nitrogens with one attached hydrogen (secondary N) is 1. The highest BCUT2D eigenvalue weighted by Crippen LogP contribution is 2.38. The Labute approximate surface area is 213 Å². The molecule has 192 valence electrons. The summed E-state index contributed by atoms with van der Waals surface area (Å²) in [6, 6.07) is 11.2. The molecular weight excluding hydrogens is 478 g/mol. The van der Waals surface area contributed by atoms with Gasteiger partial charge in [0.1, 0.15) is 23.1 Å². The minimum atomic E-state index is -0.430. The van der Waals surface area contributed by atoms with Gasteiger partial charge in [-0.1, -0.05) is 6.92 Å². The highest BCUT2D eigenvalue weighted by molar-refractivity contribution is 6.04. The number of rotatable bonds is 6. The largest absolute Gasteiger partial charge is 0.496 e. The summed E-state index contributed by atoms with van der Waals surface area (Å²) in [4.78, 5) is 24.7. The van der Waals surface area contributed by atoms with Crippen LogP contribution in [0.2, 0.25) is 0 Å². The van der Waals surface area contributed by atoms with Crippen LogP contribution in [-0.4, -0.2) is 61.2 Å². The second kappa shape index (κ2) is 10.1. The monoisotopic (exact) mass is 506 g/mol. The number of nitrogens with zero attached hydrogens (tertiary/aromatic N) is 3. The minimum absolute atomic E-state index is 0.223. The standard InChI is InChI=1S/C28H28F2N4O3/c1-4-17-14-19(20-15-18(29)7-8-23(20)36-2)21-16-22(32-26(21)25(17)30)28(35)34-12-10-33(11-13-34)27-24(37-3)6-5-9-31-27/h5-9,14-16,32H,4,10-13H2,1-3H3. The number of carbonyl (C=O) groups excluding carboxylic acids is 1. The molecule has 7 nitrogen and oxygen atoms in total. The molecule has 0 atom stereocenters. The maximum Gasteiger partial charge on any atom is 0.270 e. The fraction of sp³-hybridized carbons (Fsp3) is 0.286. The number of hydrogen-bond donors (Lipinski definition) is 1. The van der Waals surface area contributed by atoms with Gasteiger partial charge in [-0.2, -0.15) is 0 Å². The number of fused-ring (bicyclic) bond motifs is 1. The number of ether oxygens (including phenoxy) is 2. The number of aromatic nitrogens is 2. The molecule has 0 radical (unpaired) electrons. The van der Waals surface area contributed by atoms with Crippen LogP contribution < -0.4 is 14.4 Å². The first-order valence-corrected chi connectivity index (χ1v) is 12.2. The number of halogens is 2. The van der Waals surface area contributed by atoms with Crippen molar-refractivity contribution >= 4 is 22.6 Å². The van der Waals surface area contributed by atoms with Crippen molar-refractivity contribution in [3.8, 4) is 22.6 Å². The van der Waals surface area contributed by atoms with Crippen molar-refractivity contribution in [1.82, 2.24) is 14.9 Å². The topological polar surface area (TPSA) is 70.7 Å². The lowest BCUT2D eigenvalue weighted by molar-refractivity contribution is 0.0741. The van der Waals surface area contributed by atoms with E-state index in [1.165, 1.54) is 19.2 Å². The smallest absolute Gasteiger partial charge is 0.270 e. The molecule has 4 aromatic rings. The first kappa shape index (κ1) is 24.5. The molecule has 0 saturated carbocycles. The summed E-state index contributed by atoms with van der Waals surface area (Å²) in [5.41, 5.74) is 2.07. The molecule has 1 N–H and O–H groups in total. The van der Waals surface area contributed by atoms with Crippen LogP contribution in [0.1, 0.15) is 23.0 Å². The molecule has 2 aromatic carbocycles. The summed E-state index contributed by atoms with van der Waals surface area (Å²) >= 11 is 0. The molecule has 0 aliphatic carbocycles. The number of pyridine rings is 1. The average Bonchev–Trinajstić information content (AvgIpc) is 3.39. The van der Waals surface area contributed by atoms with Gasteiger partial charge < -0.3 is 24.3 Å². The number of piperazine rings is 1. The van der Waals surface area contributed by atoms with Gasteiger partial charge in [0.2, 0.25) is 0 Å². The van der Waals surface area contributed by atoms with E-state index in [0.29, 0.717) is 66.2 Å². The van der Waals surface area contributed by atoms with Gasteiger partial charge >= 0.3 is 0 Å². The van der Waals surface area contributed by atoms with Crippen LogP contribution >= 0.6 is 0 Å². The molecule has 1 amide bonds. The number of aryl methyl sites for hydroxylation is 1. The van der Waals surface area contributed by atoms with Gasteiger partial charge in [0.25, 0.3) is 5.91 Å². The Morgan fingerprint density at radius 2 is 1.76 bits per heavy atom. The lowest BCUT2D eigenvalue weighted by atomic mass is 9.96. The Kier molecular flexibility index (Phi) is 6.69. The zero-order valence-corrected chi connectivity index (χ0v) is 21.0. The summed E-state index contributed by atoms with van der Waals surface area (Å²) < 4.78 is 40.4. The van der Waals surface area contributed by atoms with E-state index in [1.54, 1.807) is 36.4 Å². The molecule has 1 aliphatic rings. The van der Waals surface area contributed by atoms with Crippen molar-refractivity contribution < 1.29 is 23.0 Å². The van der Waals surface area contributed by atoms with Crippen molar-refractivity contribution in [2.24, 2.45) is 0 Å². The van der Waals surface area contributed by atoms with Crippen LogP contribution in [0.4, 0.5) is 14.6 Å². The van der Waals surface area contributed by atoms with Crippen LogP contribution in [-0.2, 0) is 6.42 Å². The summed E-state index contributed by atoms with van der Waals surface area (Å²) in [6.45, 7) is 3.96. The zero-order valence-electron chi connectivity index (χ0n) is 21.0. The number of anilines is 1. The number of benzene rings is 2. The predicted molar refractivity (Wildman–Crippen MR) is 138 cm³/mol. The van der Waals surface area contributed by atoms with E-state index in [0.717, 1.165) is 5.82 Å². The second-order valence-corrected chi connectivity index (χ2v) is 8.88. The van der Waals surface area contributed by atoms with Gasteiger partial charge in [0.15, 0.2) is 11.6 Å². The molecule has 0 bridgehead atoms. The molecule has 3 heterocycles. The number of methoxy groups -OCH3 is 2. The Balaban J connectivity index is 1.47. The first-order chi connectivity index (χ1) is 17.9. The first-order valence-electron chi connectivity index (χ1n) is 12.2. The summed E-state index contributed by atoms with van der Waals surface area (Å²) in [5.74, 6) is 0.819. The molecule has 5 rings (SSSR count). The van der Waals surface area contributed by atoms with Crippen molar-refractivity contribution in [3.05, 3.63) is 71.6 Å². The summed E-state index contributed by atoms with van der Waals surface area (Å²) in [6.07, 6.45) is 2.15. The number of amides is 1. The average molecular weight is 507 g/mol. The maximum absolute atomic E-state index is 15.4. The highest BCUT2D eigenvalue weighted by atomic mass is 19.1. The lowest BCUT2D eigenvalue weighted by Gasteiger charge is -2.35. The minimum Gasteiger partial charge on any atom is -0.496 e. The molecule has 0 unspecified atom stereocenters.